The first kappa shape index (κ1) is 12.9. The normalized spacial score (nSPS) is 19.1. The monoisotopic (exact) mass is 275 g/mol. The molecule has 1 aliphatic heterocycles. The van der Waals surface area contributed by atoms with Crippen molar-refractivity contribution in [2.24, 2.45) is 5.92 Å². The van der Waals surface area contributed by atoms with Gasteiger partial charge in [0.15, 0.2) is 5.58 Å². The molecule has 1 unspecified atom stereocenters. The highest BCUT2D eigenvalue weighted by molar-refractivity contribution is 5.79. The number of carbonyl (C=O) groups is 1. The van der Waals surface area contributed by atoms with Crippen molar-refractivity contribution in [2.45, 2.75) is 19.4 Å². The van der Waals surface area contributed by atoms with Gasteiger partial charge >= 0.3 is 5.76 Å². The smallest absolute Gasteiger partial charge is 0.408 e. The summed E-state index contributed by atoms with van der Waals surface area (Å²) in [5.41, 5.74) is 2.12. The fourth-order valence-electron chi connectivity index (χ4n) is 2.52. The Morgan fingerprint density at radius 2 is 2.35 bits per heavy atom. The number of H-pyrrole nitrogens is 1. The molecule has 0 aliphatic carbocycles. The molecule has 1 amide bonds. The zero-order valence-electron chi connectivity index (χ0n) is 11.1. The lowest BCUT2D eigenvalue weighted by Crippen LogP contribution is -2.40. The van der Waals surface area contributed by atoms with E-state index in [-0.39, 0.29) is 11.8 Å². The SMILES string of the molecule is O=C(NCc1ccc2oc(=O)[nH]c2c1)C1CCCNC1. The highest BCUT2D eigenvalue weighted by Crippen LogP contribution is 2.13. The van der Waals surface area contributed by atoms with Crippen LogP contribution in [-0.4, -0.2) is 24.0 Å². The van der Waals surface area contributed by atoms with E-state index in [0.717, 1.165) is 31.5 Å². The predicted octanol–water partition coefficient (Wildman–Crippen LogP) is 0.737. The molecule has 2 heterocycles. The second-order valence-electron chi connectivity index (χ2n) is 5.11. The summed E-state index contributed by atoms with van der Waals surface area (Å²) in [6.07, 6.45) is 1.98. The van der Waals surface area contributed by atoms with Crippen molar-refractivity contribution in [3.05, 3.63) is 34.3 Å². The van der Waals surface area contributed by atoms with Gasteiger partial charge in [-0.15, -0.1) is 0 Å². The van der Waals surface area contributed by atoms with Crippen molar-refractivity contribution in [1.82, 2.24) is 15.6 Å². The molecular formula is C14H17N3O3. The van der Waals surface area contributed by atoms with Crippen molar-refractivity contribution in [1.29, 1.82) is 0 Å². The molecule has 106 valence electrons. The highest BCUT2D eigenvalue weighted by Gasteiger charge is 2.20. The molecular weight excluding hydrogens is 258 g/mol. The largest absolute Gasteiger partial charge is 0.417 e. The average Bonchev–Trinajstić information content (AvgIpc) is 2.85. The lowest BCUT2D eigenvalue weighted by Gasteiger charge is -2.21. The summed E-state index contributed by atoms with van der Waals surface area (Å²) in [7, 11) is 0. The topological polar surface area (TPSA) is 87.1 Å². The number of nitrogens with one attached hydrogen (secondary N) is 3. The molecule has 6 heteroatoms. The summed E-state index contributed by atoms with van der Waals surface area (Å²) in [5, 5.41) is 6.17. The summed E-state index contributed by atoms with van der Waals surface area (Å²) in [6, 6.07) is 5.40. The van der Waals surface area contributed by atoms with E-state index in [1.807, 2.05) is 12.1 Å². The number of carbonyl (C=O) groups excluding carboxylic acids is 1. The molecule has 0 spiro atoms. The van der Waals surface area contributed by atoms with E-state index in [4.69, 9.17) is 4.42 Å². The fourth-order valence-corrected chi connectivity index (χ4v) is 2.52. The molecule has 1 aromatic heterocycles. The number of benzene rings is 1. The summed E-state index contributed by atoms with van der Waals surface area (Å²) in [6.45, 7) is 2.20. The van der Waals surface area contributed by atoms with Crippen LogP contribution in [0.25, 0.3) is 11.1 Å². The van der Waals surface area contributed by atoms with Crippen LogP contribution in [0, 0.1) is 5.92 Å². The lowest BCUT2D eigenvalue weighted by molar-refractivity contribution is -0.125. The third-order valence-electron chi connectivity index (χ3n) is 3.62. The van der Waals surface area contributed by atoms with Crippen LogP contribution in [0.3, 0.4) is 0 Å². The van der Waals surface area contributed by atoms with Gasteiger partial charge < -0.3 is 15.1 Å². The van der Waals surface area contributed by atoms with E-state index < -0.39 is 5.76 Å². The van der Waals surface area contributed by atoms with Crippen molar-refractivity contribution in [3.63, 3.8) is 0 Å². The Balaban J connectivity index is 1.64. The molecule has 0 saturated carbocycles. The van der Waals surface area contributed by atoms with Gasteiger partial charge in [-0.25, -0.2) is 4.79 Å². The first-order valence-corrected chi connectivity index (χ1v) is 6.82. The fraction of sp³-hybridized carbons (Fsp3) is 0.429. The molecule has 1 aromatic carbocycles. The Morgan fingerprint density at radius 3 is 3.15 bits per heavy atom. The molecule has 3 rings (SSSR count). The first-order valence-electron chi connectivity index (χ1n) is 6.82. The van der Waals surface area contributed by atoms with Gasteiger partial charge in [-0.3, -0.25) is 9.78 Å². The zero-order valence-corrected chi connectivity index (χ0v) is 11.1. The van der Waals surface area contributed by atoms with E-state index >= 15 is 0 Å². The Hall–Kier alpha value is -2.08. The summed E-state index contributed by atoms with van der Waals surface area (Å²) >= 11 is 0. The average molecular weight is 275 g/mol. The first-order chi connectivity index (χ1) is 9.72. The van der Waals surface area contributed by atoms with Gasteiger partial charge in [0.25, 0.3) is 0 Å². The van der Waals surface area contributed by atoms with Crippen LogP contribution in [-0.2, 0) is 11.3 Å². The van der Waals surface area contributed by atoms with Gasteiger partial charge in [0.1, 0.15) is 0 Å². The summed E-state index contributed by atoms with van der Waals surface area (Å²) in [4.78, 5) is 25.7. The second-order valence-corrected chi connectivity index (χ2v) is 5.11. The maximum atomic E-state index is 12.0. The minimum Gasteiger partial charge on any atom is -0.408 e. The van der Waals surface area contributed by atoms with Crippen molar-refractivity contribution in [3.8, 4) is 0 Å². The number of hydrogen-bond acceptors (Lipinski definition) is 4. The Bertz CT molecular complexity index is 668. The maximum absolute atomic E-state index is 12.0. The van der Waals surface area contributed by atoms with Gasteiger partial charge in [0.05, 0.1) is 11.4 Å². The Kier molecular flexibility index (Phi) is 3.56. The van der Waals surface area contributed by atoms with Gasteiger partial charge in [0.2, 0.25) is 5.91 Å². The van der Waals surface area contributed by atoms with Crippen LogP contribution in [0.15, 0.2) is 27.4 Å². The summed E-state index contributed by atoms with van der Waals surface area (Å²) < 4.78 is 4.94. The maximum Gasteiger partial charge on any atom is 0.417 e. The molecule has 1 fully saturated rings. The number of hydrogen-bond donors (Lipinski definition) is 3. The van der Waals surface area contributed by atoms with Gasteiger partial charge in [-0.05, 0) is 37.1 Å². The van der Waals surface area contributed by atoms with Crippen LogP contribution < -0.4 is 16.4 Å². The highest BCUT2D eigenvalue weighted by atomic mass is 16.4. The number of piperidine rings is 1. The second kappa shape index (κ2) is 5.50. The number of amides is 1. The van der Waals surface area contributed by atoms with Gasteiger partial charge in [0, 0.05) is 13.1 Å². The predicted molar refractivity (Wildman–Crippen MR) is 74.3 cm³/mol. The van der Waals surface area contributed by atoms with Crippen molar-refractivity contribution in [2.75, 3.05) is 13.1 Å². The number of aromatic nitrogens is 1. The lowest BCUT2D eigenvalue weighted by atomic mass is 9.99. The Morgan fingerprint density at radius 1 is 1.45 bits per heavy atom. The van der Waals surface area contributed by atoms with Crippen LogP contribution in [0.2, 0.25) is 0 Å². The molecule has 20 heavy (non-hydrogen) atoms. The molecule has 3 N–H and O–H groups in total. The van der Waals surface area contributed by atoms with Gasteiger partial charge in [-0.1, -0.05) is 6.07 Å². The van der Waals surface area contributed by atoms with Crippen LogP contribution in [0.5, 0.6) is 0 Å². The third-order valence-corrected chi connectivity index (χ3v) is 3.62. The van der Waals surface area contributed by atoms with Gasteiger partial charge in [-0.2, -0.15) is 0 Å². The van der Waals surface area contributed by atoms with E-state index in [1.165, 1.54) is 0 Å². The van der Waals surface area contributed by atoms with E-state index in [0.29, 0.717) is 17.6 Å². The molecule has 6 nitrogen and oxygen atoms in total. The minimum absolute atomic E-state index is 0.0567. The quantitative estimate of drug-likeness (QED) is 0.771. The number of rotatable bonds is 3. The molecule has 1 atom stereocenters. The van der Waals surface area contributed by atoms with Crippen molar-refractivity contribution >= 4 is 17.0 Å². The standard InChI is InChI=1S/C14H17N3O3/c18-13(10-2-1-5-15-8-10)16-7-9-3-4-12-11(6-9)17-14(19)20-12/h3-4,6,10,15H,1-2,5,7-8H2,(H,16,18)(H,17,19). The number of fused-ring (bicyclic) bond motifs is 1. The van der Waals surface area contributed by atoms with Crippen LogP contribution >= 0.6 is 0 Å². The Labute approximate surface area is 115 Å². The number of oxazole rings is 1. The summed E-state index contributed by atoms with van der Waals surface area (Å²) in [5.74, 6) is -0.325. The molecule has 0 bridgehead atoms. The van der Waals surface area contributed by atoms with E-state index in [9.17, 15) is 9.59 Å². The van der Waals surface area contributed by atoms with Crippen LogP contribution in [0.4, 0.5) is 0 Å². The zero-order chi connectivity index (χ0) is 13.9. The van der Waals surface area contributed by atoms with Crippen molar-refractivity contribution < 1.29 is 9.21 Å². The molecule has 2 aromatic rings. The molecule has 1 saturated heterocycles. The molecule has 0 radical (unpaired) electrons. The third kappa shape index (κ3) is 2.75. The number of aromatic amines is 1. The van der Waals surface area contributed by atoms with Crippen LogP contribution in [0.1, 0.15) is 18.4 Å². The van der Waals surface area contributed by atoms with E-state index in [2.05, 4.69) is 15.6 Å². The van der Waals surface area contributed by atoms with E-state index in [1.54, 1.807) is 6.07 Å². The molecule has 1 aliphatic rings. The minimum atomic E-state index is -0.463.